The molecule has 1 saturated heterocycles. The largest absolute Gasteiger partial charge is 0.444 e. The van der Waals surface area contributed by atoms with Crippen LogP contribution in [0.3, 0.4) is 0 Å². The number of hydrogen-bond acceptors (Lipinski definition) is 7. The average molecular weight is 524 g/mol. The highest BCUT2D eigenvalue weighted by Crippen LogP contribution is 2.40. The summed E-state index contributed by atoms with van der Waals surface area (Å²) in [6.07, 6.45) is 0.587. The summed E-state index contributed by atoms with van der Waals surface area (Å²) in [5, 5.41) is 7.04. The summed E-state index contributed by atoms with van der Waals surface area (Å²) in [6, 6.07) is 11.1. The molecule has 3 aromatic rings. The number of ether oxygens (including phenoxy) is 1. The number of halogens is 1. The lowest BCUT2D eigenvalue weighted by Gasteiger charge is -2.22. The van der Waals surface area contributed by atoms with Gasteiger partial charge in [0.2, 0.25) is 5.91 Å². The van der Waals surface area contributed by atoms with Gasteiger partial charge in [-0.05, 0) is 61.2 Å². The summed E-state index contributed by atoms with van der Waals surface area (Å²) >= 11 is 1.47. The fourth-order valence-corrected chi connectivity index (χ4v) is 6.30. The van der Waals surface area contributed by atoms with Gasteiger partial charge in [-0.1, -0.05) is 0 Å². The van der Waals surface area contributed by atoms with Gasteiger partial charge in [0, 0.05) is 28.8 Å². The molecule has 6 rings (SSSR count). The van der Waals surface area contributed by atoms with Gasteiger partial charge in [0.25, 0.3) is 5.56 Å². The highest BCUT2D eigenvalue weighted by atomic mass is 32.2. The normalized spacial score (nSPS) is 22.3. The van der Waals surface area contributed by atoms with Crippen LogP contribution in [-0.4, -0.2) is 48.1 Å². The number of anilines is 2. The second-order valence-electron chi connectivity index (χ2n) is 9.45. The van der Waals surface area contributed by atoms with Gasteiger partial charge in [0.05, 0.1) is 35.6 Å². The SMILES string of the molecule is NC[C@@H]1[C@@H](NCCC[C@@H]2CN(c3ccc4c(c3)NC(=O)CS4)C(=O)O2)c2c(F)ccc3ccc(=O)n1c23. The number of cyclic esters (lactones) is 1. The average Bonchev–Trinajstić information content (AvgIpc) is 3.43. The van der Waals surface area contributed by atoms with Crippen molar-refractivity contribution in [2.24, 2.45) is 5.73 Å². The number of carbonyl (C=O) groups excluding carboxylic acids is 2. The molecule has 4 N–H and O–H groups in total. The van der Waals surface area contributed by atoms with E-state index >= 15 is 0 Å². The molecule has 37 heavy (non-hydrogen) atoms. The highest BCUT2D eigenvalue weighted by Gasteiger charge is 2.37. The van der Waals surface area contributed by atoms with Gasteiger partial charge in [-0.3, -0.25) is 14.5 Å². The number of benzene rings is 2. The Morgan fingerprint density at radius 3 is 2.84 bits per heavy atom. The zero-order chi connectivity index (χ0) is 25.7. The first-order valence-corrected chi connectivity index (χ1v) is 13.2. The molecule has 2 aromatic carbocycles. The van der Waals surface area contributed by atoms with Crippen molar-refractivity contribution in [2.75, 3.05) is 35.6 Å². The van der Waals surface area contributed by atoms with Crippen LogP contribution in [-0.2, 0) is 9.53 Å². The Morgan fingerprint density at radius 2 is 2.00 bits per heavy atom. The summed E-state index contributed by atoms with van der Waals surface area (Å²) < 4.78 is 22.1. The van der Waals surface area contributed by atoms with Gasteiger partial charge in [0.1, 0.15) is 11.9 Å². The Morgan fingerprint density at radius 1 is 1.16 bits per heavy atom. The van der Waals surface area contributed by atoms with Crippen LogP contribution in [0.2, 0.25) is 0 Å². The van der Waals surface area contributed by atoms with Crippen LogP contribution in [0.1, 0.15) is 30.5 Å². The number of fused-ring (bicyclic) bond motifs is 1. The minimum Gasteiger partial charge on any atom is -0.444 e. The number of pyridine rings is 1. The zero-order valence-electron chi connectivity index (χ0n) is 19.9. The summed E-state index contributed by atoms with van der Waals surface area (Å²) in [7, 11) is 0. The van der Waals surface area contributed by atoms with Crippen molar-refractivity contribution in [2.45, 2.75) is 35.9 Å². The first kappa shape index (κ1) is 24.0. The minimum absolute atomic E-state index is 0.0627. The molecule has 0 saturated carbocycles. The van der Waals surface area contributed by atoms with Crippen molar-refractivity contribution in [3.05, 3.63) is 64.2 Å². The number of aromatic nitrogens is 1. The lowest BCUT2D eigenvalue weighted by atomic mass is 10.0. The molecule has 3 atom stereocenters. The second kappa shape index (κ2) is 9.47. The number of nitrogens with two attached hydrogens (primary N) is 1. The van der Waals surface area contributed by atoms with E-state index in [1.807, 2.05) is 12.1 Å². The fraction of sp³-hybridized carbons (Fsp3) is 0.346. The molecule has 11 heteroatoms. The van der Waals surface area contributed by atoms with Gasteiger partial charge in [0.15, 0.2) is 0 Å². The molecule has 1 aromatic heterocycles. The van der Waals surface area contributed by atoms with E-state index in [0.717, 1.165) is 10.3 Å². The summed E-state index contributed by atoms with van der Waals surface area (Å²) in [4.78, 5) is 39.4. The number of thioether (sulfide) groups is 1. The van der Waals surface area contributed by atoms with E-state index in [1.54, 1.807) is 27.7 Å². The third-order valence-corrected chi connectivity index (χ3v) is 8.27. The smallest absolute Gasteiger partial charge is 0.414 e. The van der Waals surface area contributed by atoms with Crippen LogP contribution in [0, 0.1) is 5.82 Å². The third-order valence-electron chi connectivity index (χ3n) is 7.20. The topological polar surface area (TPSA) is 119 Å². The summed E-state index contributed by atoms with van der Waals surface area (Å²) in [5.74, 6) is -0.0429. The molecule has 3 aliphatic rings. The van der Waals surface area contributed by atoms with E-state index in [0.29, 0.717) is 54.1 Å². The van der Waals surface area contributed by atoms with Crippen LogP contribution in [0.5, 0.6) is 0 Å². The molecule has 1 fully saturated rings. The molecule has 0 radical (unpaired) electrons. The van der Waals surface area contributed by atoms with Gasteiger partial charge in [-0.2, -0.15) is 0 Å². The van der Waals surface area contributed by atoms with Crippen molar-refractivity contribution < 1.29 is 18.7 Å². The Balaban J connectivity index is 1.10. The molecular formula is C26H26FN5O4S. The highest BCUT2D eigenvalue weighted by molar-refractivity contribution is 8.00. The summed E-state index contributed by atoms with van der Waals surface area (Å²) in [6.45, 7) is 1.14. The molecule has 2 amide bonds. The predicted molar refractivity (Wildman–Crippen MR) is 140 cm³/mol. The van der Waals surface area contributed by atoms with Gasteiger partial charge < -0.3 is 25.7 Å². The molecule has 0 bridgehead atoms. The lowest BCUT2D eigenvalue weighted by molar-refractivity contribution is -0.113. The molecule has 192 valence electrons. The monoisotopic (exact) mass is 523 g/mol. The van der Waals surface area contributed by atoms with Gasteiger partial charge in [-0.25, -0.2) is 9.18 Å². The molecule has 0 unspecified atom stereocenters. The van der Waals surface area contributed by atoms with Crippen molar-refractivity contribution in [3.8, 4) is 0 Å². The van der Waals surface area contributed by atoms with Crippen molar-refractivity contribution in [1.29, 1.82) is 0 Å². The molecule has 3 aliphatic heterocycles. The second-order valence-corrected chi connectivity index (χ2v) is 10.5. The van der Waals surface area contributed by atoms with Crippen molar-refractivity contribution in [1.82, 2.24) is 9.88 Å². The predicted octanol–water partition coefficient (Wildman–Crippen LogP) is 3.13. The van der Waals surface area contributed by atoms with Crippen LogP contribution in [0.15, 0.2) is 52.2 Å². The lowest BCUT2D eigenvalue weighted by Crippen LogP contribution is -2.35. The number of amides is 2. The summed E-state index contributed by atoms with van der Waals surface area (Å²) in [5.41, 5.74) is 8.28. The van der Waals surface area contributed by atoms with Crippen LogP contribution >= 0.6 is 11.8 Å². The molecule has 0 spiro atoms. The molecule has 0 aliphatic carbocycles. The fourth-order valence-electron chi connectivity index (χ4n) is 5.51. The van der Waals surface area contributed by atoms with Gasteiger partial charge in [-0.15, -0.1) is 11.8 Å². The maximum absolute atomic E-state index is 14.9. The van der Waals surface area contributed by atoms with Crippen molar-refractivity contribution in [3.63, 3.8) is 0 Å². The Kier molecular flexibility index (Phi) is 6.13. The van der Waals surface area contributed by atoms with Crippen molar-refractivity contribution >= 4 is 46.0 Å². The Labute approximate surface area is 216 Å². The van der Waals surface area contributed by atoms with E-state index in [4.69, 9.17) is 10.5 Å². The number of hydrogen-bond donors (Lipinski definition) is 3. The molecule has 4 heterocycles. The Hall–Kier alpha value is -3.41. The van der Waals surface area contributed by atoms with E-state index in [9.17, 15) is 18.8 Å². The maximum atomic E-state index is 14.9. The first-order chi connectivity index (χ1) is 17.9. The number of nitrogens with zero attached hydrogens (tertiary/aromatic N) is 2. The van der Waals surface area contributed by atoms with E-state index in [1.165, 1.54) is 23.9 Å². The van der Waals surface area contributed by atoms with Crippen LogP contribution in [0.4, 0.5) is 20.6 Å². The van der Waals surface area contributed by atoms with Crippen LogP contribution < -0.4 is 26.8 Å². The first-order valence-electron chi connectivity index (χ1n) is 12.3. The van der Waals surface area contributed by atoms with Gasteiger partial charge >= 0.3 is 6.09 Å². The quantitative estimate of drug-likeness (QED) is 0.407. The molecule has 9 nitrogen and oxygen atoms in total. The number of carbonyl (C=O) groups is 2. The zero-order valence-corrected chi connectivity index (χ0v) is 20.7. The minimum atomic E-state index is -0.421. The van der Waals surface area contributed by atoms with E-state index < -0.39 is 12.1 Å². The number of nitrogens with one attached hydrogen (secondary N) is 2. The van der Waals surface area contributed by atoms with Crippen LogP contribution in [0.25, 0.3) is 10.9 Å². The standard InChI is InChI=1S/C26H26FN5O4S/c27-17-6-3-14-4-8-22(34)32-19(11-28)24(23(17)25(14)32)29-9-1-2-16-12-31(26(35)36-16)15-5-7-20-18(10-15)30-21(33)13-37-20/h3-8,10,16,19,24,29H,1-2,9,11-13,28H2,(H,30,33)/t16-,19-,24-/m1/s1. The van der Waals surface area contributed by atoms with E-state index in [2.05, 4.69) is 10.6 Å². The van der Waals surface area contributed by atoms with E-state index in [-0.39, 0.29) is 36.0 Å². The molecular weight excluding hydrogens is 497 g/mol. The third kappa shape index (κ3) is 4.16. The number of rotatable bonds is 7. The maximum Gasteiger partial charge on any atom is 0.414 e. The Bertz CT molecular complexity index is 1480.